The molecule has 0 spiro atoms. The standard InChI is InChI=1S/C39H42O3/c1-8-26-40-35-20-14-31(15-21-35)38(5,6)30-10-12-32(13-11-30)39(7,33-16-22-36(23-17-33)41-27-9-2)34-18-24-37(25-19-34)42-28-29(3)4/h8-25H,1-3,26-28H2,4-7H3. The molecule has 0 bridgehead atoms. The lowest BCUT2D eigenvalue weighted by Gasteiger charge is -2.33. The number of rotatable bonds is 14. The molecule has 4 aromatic carbocycles. The topological polar surface area (TPSA) is 27.7 Å². The summed E-state index contributed by atoms with van der Waals surface area (Å²) in [4.78, 5) is 0. The number of ether oxygens (including phenoxy) is 3. The van der Waals surface area contributed by atoms with Crippen molar-refractivity contribution in [3.63, 3.8) is 0 Å². The highest BCUT2D eigenvalue weighted by Gasteiger charge is 2.32. The Morgan fingerprint density at radius 3 is 1.21 bits per heavy atom. The van der Waals surface area contributed by atoms with Crippen LogP contribution in [0.5, 0.6) is 17.2 Å². The van der Waals surface area contributed by atoms with Crippen molar-refractivity contribution in [3.8, 4) is 17.2 Å². The molecule has 0 N–H and O–H groups in total. The van der Waals surface area contributed by atoms with Crippen molar-refractivity contribution in [2.45, 2.75) is 38.5 Å². The van der Waals surface area contributed by atoms with Gasteiger partial charge in [0.25, 0.3) is 0 Å². The van der Waals surface area contributed by atoms with Gasteiger partial charge in [-0.1, -0.05) is 106 Å². The first-order valence-electron chi connectivity index (χ1n) is 14.4. The van der Waals surface area contributed by atoms with Gasteiger partial charge in [0, 0.05) is 10.8 Å². The molecule has 0 saturated heterocycles. The van der Waals surface area contributed by atoms with Gasteiger partial charge < -0.3 is 14.2 Å². The van der Waals surface area contributed by atoms with Crippen LogP contribution in [0.4, 0.5) is 0 Å². The van der Waals surface area contributed by atoms with Crippen molar-refractivity contribution >= 4 is 0 Å². The largest absolute Gasteiger partial charge is 0.490 e. The first kappa shape index (κ1) is 30.5. The Kier molecular flexibility index (Phi) is 9.75. The van der Waals surface area contributed by atoms with Gasteiger partial charge in [-0.3, -0.25) is 0 Å². The van der Waals surface area contributed by atoms with E-state index in [4.69, 9.17) is 14.2 Å². The van der Waals surface area contributed by atoms with Crippen LogP contribution in [0, 0.1) is 0 Å². The van der Waals surface area contributed by atoms with Crippen LogP contribution in [-0.4, -0.2) is 19.8 Å². The molecule has 3 nitrogen and oxygen atoms in total. The van der Waals surface area contributed by atoms with E-state index in [9.17, 15) is 0 Å². The SMILES string of the molecule is C=CCOc1ccc(C(C)(C)c2ccc(C(C)(c3ccc(OCC=C)cc3)c3ccc(OCC(=C)C)cc3)cc2)cc1. The van der Waals surface area contributed by atoms with Gasteiger partial charge in [-0.05, 0) is 83.6 Å². The average molecular weight is 559 g/mol. The fourth-order valence-electron chi connectivity index (χ4n) is 5.14. The molecule has 0 heterocycles. The summed E-state index contributed by atoms with van der Waals surface area (Å²) >= 11 is 0. The Labute approximate surface area is 251 Å². The summed E-state index contributed by atoms with van der Waals surface area (Å²) in [5.41, 5.74) is 6.41. The Morgan fingerprint density at radius 1 is 0.548 bits per heavy atom. The van der Waals surface area contributed by atoms with E-state index in [-0.39, 0.29) is 5.41 Å². The first-order chi connectivity index (χ1) is 20.2. The summed E-state index contributed by atoms with van der Waals surface area (Å²) in [5.74, 6) is 2.50. The maximum atomic E-state index is 5.89. The molecule has 0 aliphatic rings. The zero-order valence-corrected chi connectivity index (χ0v) is 25.4. The third-order valence-corrected chi connectivity index (χ3v) is 7.84. The molecular weight excluding hydrogens is 516 g/mol. The van der Waals surface area contributed by atoms with Gasteiger partial charge in [-0.2, -0.15) is 0 Å². The molecule has 4 rings (SSSR count). The smallest absolute Gasteiger partial charge is 0.119 e. The van der Waals surface area contributed by atoms with Crippen molar-refractivity contribution in [3.05, 3.63) is 162 Å². The van der Waals surface area contributed by atoms with Gasteiger partial charge in [0.1, 0.15) is 37.1 Å². The molecule has 1 unspecified atom stereocenters. The molecule has 0 radical (unpaired) electrons. The minimum absolute atomic E-state index is 0.182. The molecule has 0 amide bonds. The zero-order chi connectivity index (χ0) is 30.2. The highest BCUT2D eigenvalue weighted by atomic mass is 16.5. The summed E-state index contributed by atoms with van der Waals surface area (Å²) < 4.78 is 17.3. The van der Waals surface area contributed by atoms with Gasteiger partial charge in [0.05, 0.1) is 0 Å². The Hall–Kier alpha value is -4.50. The van der Waals surface area contributed by atoms with Crippen molar-refractivity contribution in [2.75, 3.05) is 19.8 Å². The lowest BCUT2D eigenvalue weighted by molar-refractivity contribution is 0.352. The van der Waals surface area contributed by atoms with Crippen molar-refractivity contribution in [1.82, 2.24) is 0 Å². The summed E-state index contributed by atoms with van der Waals surface area (Å²) in [7, 11) is 0. The molecule has 1 atom stereocenters. The molecule has 216 valence electrons. The average Bonchev–Trinajstić information content (AvgIpc) is 3.02. The lowest BCUT2D eigenvalue weighted by atomic mass is 9.70. The van der Waals surface area contributed by atoms with Crippen LogP contribution in [0.3, 0.4) is 0 Å². The zero-order valence-electron chi connectivity index (χ0n) is 25.4. The van der Waals surface area contributed by atoms with Crippen LogP contribution in [0.2, 0.25) is 0 Å². The quantitative estimate of drug-likeness (QED) is 0.114. The van der Waals surface area contributed by atoms with Crippen LogP contribution in [0.15, 0.2) is 135 Å². The van der Waals surface area contributed by atoms with E-state index in [1.807, 2.05) is 43.3 Å². The second kappa shape index (κ2) is 13.4. The molecule has 0 saturated carbocycles. The van der Waals surface area contributed by atoms with E-state index in [1.54, 1.807) is 12.2 Å². The van der Waals surface area contributed by atoms with Gasteiger partial charge >= 0.3 is 0 Å². The minimum atomic E-state index is -0.406. The van der Waals surface area contributed by atoms with E-state index in [2.05, 4.69) is 101 Å². The van der Waals surface area contributed by atoms with Crippen molar-refractivity contribution in [2.24, 2.45) is 0 Å². The Bertz CT molecular complexity index is 1480. The highest BCUT2D eigenvalue weighted by Crippen LogP contribution is 2.41. The van der Waals surface area contributed by atoms with Crippen LogP contribution in [0.1, 0.15) is 55.5 Å². The molecule has 0 aromatic heterocycles. The maximum Gasteiger partial charge on any atom is 0.119 e. The fraction of sp³-hybridized carbons (Fsp3) is 0.231. The van der Waals surface area contributed by atoms with Crippen LogP contribution in [0.25, 0.3) is 0 Å². The van der Waals surface area contributed by atoms with Gasteiger partial charge in [-0.25, -0.2) is 0 Å². The minimum Gasteiger partial charge on any atom is -0.490 e. The molecular formula is C39H42O3. The van der Waals surface area contributed by atoms with Crippen LogP contribution >= 0.6 is 0 Å². The van der Waals surface area contributed by atoms with Gasteiger partial charge in [0.15, 0.2) is 0 Å². The molecule has 0 fully saturated rings. The van der Waals surface area contributed by atoms with Crippen LogP contribution < -0.4 is 14.2 Å². The first-order valence-corrected chi connectivity index (χ1v) is 14.4. The molecule has 42 heavy (non-hydrogen) atoms. The lowest BCUT2D eigenvalue weighted by Crippen LogP contribution is -2.26. The Balaban J connectivity index is 1.69. The fourth-order valence-corrected chi connectivity index (χ4v) is 5.14. The van der Waals surface area contributed by atoms with Gasteiger partial charge in [-0.15, -0.1) is 0 Å². The summed E-state index contributed by atoms with van der Waals surface area (Å²) in [6, 6.07) is 34.1. The van der Waals surface area contributed by atoms with Crippen molar-refractivity contribution < 1.29 is 14.2 Å². The highest BCUT2D eigenvalue weighted by molar-refractivity contribution is 5.53. The van der Waals surface area contributed by atoms with Crippen LogP contribution in [-0.2, 0) is 10.8 Å². The maximum absolute atomic E-state index is 5.89. The number of hydrogen-bond acceptors (Lipinski definition) is 3. The Morgan fingerprint density at radius 2 is 0.857 bits per heavy atom. The van der Waals surface area contributed by atoms with E-state index < -0.39 is 5.41 Å². The molecule has 3 heteroatoms. The predicted molar refractivity (Wildman–Crippen MR) is 175 cm³/mol. The molecule has 4 aromatic rings. The number of hydrogen-bond donors (Lipinski definition) is 0. The van der Waals surface area contributed by atoms with E-state index in [0.717, 1.165) is 22.8 Å². The normalized spacial score (nSPS) is 12.6. The second-order valence-corrected chi connectivity index (χ2v) is 11.3. The van der Waals surface area contributed by atoms with E-state index >= 15 is 0 Å². The third-order valence-electron chi connectivity index (χ3n) is 7.84. The summed E-state index contributed by atoms with van der Waals surface area (Å²) in [6.45, 7) is 21.6. The monoisotopic (exact) mass is 558 g/mol. The molecule has 0 aliphatic carbocycles. The van der Waals surface area contributed by atoms with E-state index in [0.29, 0.717) is 19.8 Å². The van der Waals surface area contributed by atoms with Crippen molar-refractivity contribution in [1.29, 1.82) is 0 Å². The molecule has 0 aliphatic heterocycles. The third kappa shape index (κ3) is 6.86. The van der Waals surface area contributed by atoms with E-state index in [1.165, 1.54) is 27.8 Å². The predicted octanol–water partition coefficient (Wildman–Crippen LogP) is 9.45. The summed E-state index contributed by atoms with van der Waals surface area (Å²) in [5, 5.41) is 0. The van der Waals surface area contributed by atoms with Gasteiger partial charge in [0.2, 0.25) is 0 Å². The summed E-state index contributed by atoms with van der Waals surface area (Å²) in [6.07, 6.45) is 3.51. The second-order valence-electron chi connectivity index (χ2n) is 11.3. The number of benzene rings is 4.